The molecule has 1 aliphatic carbocycles. The molecule has 0 spiro atoms. The molecule has 6 nitrogen and oxygen atoms in total. The summed E-state index contributed by atoms with van der Waals surface area (Å²) in [7, 11) is 0. The highest BCUT2D eigenvalue weighted by atomic mass is 15.0. The first-order valence-corrected chi connectivity index (χ1v) is 8.69. The molecule has 0 radical (unpaired) electrons. The number of nitrogens with one attached hydrogen (secondary N) is 1. The second-order valence-electron chi connectivity index (χ2n) is 6.17. The molecular formula is C19H20N6. The predicted molar refractivity (Wildman–Crippen MR) is 96.1 cm³/mol. The number of aryl methyl sites for hydroxylation is 2. The van der Waals surface area contributed by atoms with E-state index in [0.717, 1.165) is 61.4 Å². The van der Waals surface area contributed by atoms with Crippen LogP contribution in [-0.2, 0) is 19.3 Å². The molecule has 0 unspecified atom stereocenters. The largest absolute Gasteiger partial charge is 0.370 e. The number of pyridine rings is 1. The van der Waals surface area contributed by atoms with E-state index >= 15 is 0 Å². The third-order valence-corrected chi connectivity index (χ3v) is 4.38. The van der Waals surface area contributed by atoms with E-state index in [1.54, 1.807) is 12.5 Å². The summed E-state index contributed by atoms with van der Waals surface area (Å²) in [6, 6.07) is 5.83. The first kappa shape index (κ1) is 15.6. The lowest BCUT2D eigenvalue weighted by molar-refractivity contribution is 0.843. The van der Waals surface area contributed by atoms with E-state index in [2.05, 4.69) is 20.3 Å². The van der Waals surface area contributed by atoms with Crippen molar-refractivity contribution in [3.63, 3.8) is 0 Å². The molecule has 0 aliphatic heterocycles. The third-order valence-electron chi connectivity index (χ3n) is 4.38. The molecular weight excluding hydrogens is 312 g/mol. The summed E-state index contributed by atoms with van der Waals surface area (Å²) < 4.78 is 0. The van der Waals surface area contributed by atoms with E-state index in [4.69, 9.17) is 9.97 Å². The summed E-state index contributed by atoms with van der Waals surface area (Å²) in [5.74, 6) is 1.67. The van der Waals surface area contributed by atoms with Gasteiger partial charge in [-0.05, 0) is 49.8 Å². The Bertz CT molecular complexity index is 835. The van der Waals surface area contributed by atoms with Crippen molar-refractivity contribution < 1.29 is 0 Å². The van der Waals surface area contributed by atoms with Gasteiger partial charge in [-0.1, -0.05) is 6.07 Å². The monoisotopic (exact) mass is 332 g/mol. The minimum absolute atomic E-state index is 0.709. The lowest BCUT2D eigenvalue weighted by Gasteiger charge is -2.12. The molecule has 25 heavy (non-hydrogen) atoms. The Labute approximate surface area is 146 Å². The highest BCUT2D eigenvalue weighted by Crippen LogP contribution is 2.28. The lowest BCUT2D eigenvalue weighted by Crippen LogP contribution is -2.10. The van der Waals surface area contributed by atoms with Gasteiger partial charge in [0, 0.05) is 36.4 Å². The molecule has 0 saturated carbocycles. The van der Waals surface area contributed by atoms with E-state index in [0.29, 0.717) is 5.82 Å². The van der Waals surface area contributed by atoms with Gasteiger partial charge in [0.25, 0.3) is 0 Å². The second kappa shape index (κ2) is 7.34. The lowest BCUT2D eigenvalue weighted by atomic mass is 10.2. The van der Waals surface area contributed by atoms with Gasteiger partial charge in [-0.15, -0.1) is 0 Å². The molecule has 3 heterocycles. The van der Waals surface area contributed by atoms with Crippen LogP contribution in [0.15, 0.2) is 43.1 Å². The third kappa shape index (κ3) is 3.63. The highest BCUT2D eigenvalue weighted by molar-refractivity contribution is 5.57. The van der Waals surface area contributed by atoms with Crippen molar-refractivity contribution in [2.24, 2.45) is 0 Å². The Kier molecular flexibility index (Phi) is 4.59. The molecule has 3 aromatic rings. The van der Waals surface area contributed by atoms with Gasteiger partial charge in [0.1, 0.15) is 17.8 Å². The van der Waals surface area contributed by atoms with E-state index in [9.17, 15) is 0 Å². The first-order valence-electron chi connectivity index (χ1n) is 8.69. The van der Waals surface area contributed by atoms with Crippen LogP contribution in [0.3, 0.4) is 0 Å². The summed E-state index contributed by atoms with van der Waals surface area (Å²) in [5.41, 5.74) is 4.41. The summed E-state index contributed by atoms with van der Waals surface area (Å²) in [6.07, 6.45) is 12.3. The first-order chi connectivity index (χ1) is 12.4. The molecule has 0 amide bonds. The van der Waals surface area contributed by atoms with Crippen molar-refractivity contribution in [3.8, 4) is 11.5 Å². The topological polar surface area (TPSA) is 76.5 Å². The van der Waals surface area contributed by atoms with E-state index in [1.807, 2.05) is 30.6 Å². The van der Waals surface area contributed by atoms with Crippen molar-refractivity contribution in [1.82, 2.24) is 24.9 Å². The van der Waals surface area contributed by atoms with Crippen LogP contribution >= 0.6 is 0 Å². The number of aromatic nitrogens is 5. The Morgan fingerprint density at radius 3 is 2.80 bits per heavy atom. The number of hydrogen-bond acceptors (Lipinski definition) is 6. The van der Waals surface area contributed by atoms with Crippen molar-refractivity contribution in [2.45, 2.75) is 32.1 Å². The predicted octanol–water partition coefficient (Wildman–Crippen LogP) is 2.86. The average Bonchev–Trinajstić information content (AvgIpc) is 3.15. The zero-order valence-electron chi connectivity index (χ0n) is 14.0. The summed E-state index contributed by atoms with van der Waals surface area (Å²) in [5, 5.41) is 3.51. The van der Waals surface area contributed by atoms with Gasteiger partial charge in [-0.3, -0.25) is 4.98 Å². The molecule has 0 aromatic carbocycles. The zero-order chi connectivity index (χ0) is 16.9. The Morgan fingerprint density at radius 2 is 1.96 bits per heavy atom. The van der Waals surface area contributed by atoms with E-state index in [-0.39, 0.29) is 0 Å². The standard InChI is InChI=1S/C19H20N6/c1-2-9-22-17(7-1)19-24-16-8-3-6-15(16)18(25-19)23-10-4-5-14-11-20-13-21-12-14/h1-2,7,9,11-13H,3-6,8,10H2,(H,23,24,25). The van der Waals surface area contributed by atoms with Crippen LogP contribution in [0, 0.1) is 0 Å². The number of rotatable bonds is 6. The molecule has 0 bridgehead atoms. The maximum Gasteiger partial charge on any atom is 0.180 e. The molecule has 0 fully saturated rings. The molecule has 6 heteroatoms. The minimum atomic E-state index is 0.709. The van der Waals surface area contributed by atoms with Crippen molar-refractivity contribution in [1.29, 1.82) is 0 Å². The Hall–Kier alpha value is -2.89. The fraction of sp³-hybridized carbons (Fsp3) is 0.316. The number of hydrogen-bond donors (Lipinski definition) is 1. The summed E-state index contributed by atoms with van der Waals surface area (Å²) in [4.78, 5) is 22.0. The fourth-order valence-electron chi connectivity index (χ4n) is 3.15. The van der Waals surface area contributed by atoms with Crippen LogP contribution in [0.5, 0.6) is 0 Å². The highest BCUT2D eigenvalue weighted by Gasteiger charge is 2.20. The Balaban J connectivity index is 1.48. The molecule has 1 aliphatic rings. The van der Waals surface area contributed by atoms with Crippen LogP contribution in [0.4, 0.5) is 5.82 Å². The molecule has 126 valence electrons. The summed E-state index contributed by atoms with van der Waals surface area (Å²) in [6.45, 7) is 0.861. The molecule has 3 aromatic heterocycles. The minimum Gasteiger partial charge on any atom is -0.370 e. The van der Waals surface area contributed by atoms with Gasteiger partial charge in [0.05, 0.1) is 0 Å². The van der Waals surface area contributed by atoms with Crippen LogP contribution in [0.2, 0.25) is 0 Å². The molecule has 0 saturated heterocycles. The van der Waals surface area contributed by atoms with E-state index in [1.165, 1.54) is 5.56 Å². The van der Waals surface area contributed by atoms with Crippen molar-refractivity contribution >= 4 is 5.82 Å². The smallest absolute Gasteiger partial charge is 0.180 e. The van der Waals surface area contributed by atoms with Gasteiger partial charge < -0.3 is 5.32 Å². The normalized spacial score (nSPS) is 12.8. The van der Waals surface area contributed by atoms with Gasteiger partial charge >= 0.3 is 0 Å². The fourth-order valence-corrected chi connectivity index (χ4v) is 3.15. The SMILES string of the molecule is c1ccc(-c2nc3c(c(NCCCc4cncnc4)n2)CCC3)nc1. The molecule has 0 atom stereocenters. The summed E-state index contributed by atoms with van der Waals surface area (Å²) >= 11 is 0. The Morgan fingerprint density at radius 1 is 1.04 bits per heavy atom. The van der Waals surface area contributed by atoms with Crippen molar-refractivity contribution in [2.75, 3.05) is 11.9 Å². The van der Waals surface area contributed by atoms with Gasteiger partial charge in [0.2, 0.25) is 0 Å². The molecule has 1 N–H and O–H groups in total. The number of anilines is 1. The molecule has 4 rings (SSSR count). The quantitative estimate of drug-likeness (QED) is 0.700. The maximum atomic E-state index is 4.75. The second-order valence-corrected chi connectivity index (χ2v) is 6.17. The van der Waals surface area contributed by atoms with Crippen molar-refractivity contribution in [3.05, 3.63) is 59.9 Å². The van der Waals surface area contributed by atoms with Crippen LogP contribution in [0.25, 0.3) is 11.5 Å². The average molecular weight is 332 g/mol. The maximum absolute atomic E-state index is 4.75. The van der Waals surface area contributed by atoms with Crippen LogP contribution < -0.4 is 5.32 Å². The van der Waals surface area contributed by atoms with E-state index < -0.39 is 0 Å². The number of nitrogens with zero attached hydrogens (tertiary/aromatic N) is 5. The van der Waals surface area contributed by atoms with Crippen LogP contribution in [-0.4, -0.2) is 31.5 Å². The van der Waals surface area contributed by atoms with Crippen LogP contribution in [0.1, 0.15) is 29.7 Å². The van der Waals surface area contributed by atoms with Gasteiger partial charge in [-0.25, -0.2) is 19.9 Å². The zero-order valence-corrected chi connectivity index (χ0v) is 14.0. The van der Waals surface area contributed by atoms with Gasteiger partial charge in [0.15, 0.2) is 5.82 Å². The van der Waals surface area contributed by atoms with Gasteiger partial charge in [-0.2, -0.15) is 0 Å². The number of fused-ring (bicyclic) bond motifs is 1.